The first-order chi connectivity index (χ1) is 15.2. The van der Waals surface area contributed by atoms with Crippen molar-refractivity contribution in [3.8, 4) is 11.5 Å². The summed E-state index contributed by atoms with van der Waals surface area (Å²) in [5.41, 5.74) is 3.62. The second-order valence-corrected chi connectivity index (χ2v) is 8.35. The van der Waals surface area contributed by atoms with Crippen molar-refractivity contribution >= 4 is 17.5 Å². The molecule has 0 radical (unpaired) electrons. The highest BCUT2D eigenvalue weighted by atomic mass is 16.6. The minimum atomic E-state index is -0.621. The Hall–Kier alpha value is -3.06. The zero-order chi connectivity index (χ0) is 21.2. The summed E-state index contributed by atoms with van der Waals surface area (Å²) < 4.78 is 11.5. The normalized spacial score (nSPS) is 20.3. The minimum Gasteiger partial charge on any atom is -0.485 e. The molecule has 1 fully saturated rings. The molecule has 1 unspecified atom stereocenters. The largest absolute Gasteiger partial charge is 0.485 e. The van der Waals surface area contributed by atoms with Crippen molar-refractivity contribution in [2.24, 2.45) is 0 Å². The van der Waals surface area contributed by atoms with Gasteiger partial charge in [0.1, 0.15) is 6.61 Å². The predicted octanol–water partition coefficient (Wildman–Crippen LogP) is 2.10. The Kier molecular flexibility index (Phi) is 5.51. The van der Waals surface area contributed by atoms with Crippen LogP contribution in [-0.2, 0) is 22.4 Å². The highest BCUT2D eigenvalue weighted by Crippen LogP contribution is 2.31. The molecule has 0 aromatic heterocycles. The van der Waals surface area contributed by atoms with Crippen LogP contribution in [0, 0.1) is 0 Å². The molecule has 2 aromatic rings. The maximum Gasteiger partial charge on any atom is 0.267 e. The molecule has 1 N–H and O–H groups in total. The van der Waals surface area contributed by atoms with Crippen molar-refractivity contribution in [2.75, 3.05) is 44.6 Å². The number of para-hydroxylation sites is 2. The third-order valence-corrected chi connectivity index (χ3v) is 6.22. The Morgan fingerprint density at radius 3 is 2.58 bits per heavy atom. The maximum atomic E-state index is 12.8. The molecule has 2 heterocycles. The zero-order valence-corrected chi connectivity index (χ0v) is 17.5. The van der Waals surface area contributed by atoms with E-state index in [1.54, 1.807) is 4.90 Å². The van der Waals surface area contributed by atoms with Crippen molar-refractivity contribution in [1.29, 1.82) is 0 Å². The summed E-state index contributed by atoms with van der Waals surface area (Å²) >= 11 is 0. The van der Waals surface area contributed by atoms with E-state index in [1.807, 2.05) is 30.3 Å². The summed E-state index contributed by atoms with van der Waals surface area (Å²) in [6, 6.07) is 13.6. The van der Waals surface area contributed by atoms with Gasteiger partial charge in [-0.1, -0.05) is 18.2 Å². The molecule has 2 aliphatic heterocycles. The van der Waals surface area contributed by atoms with E-state index in [0.29, 0.717) is 44.2 Å². The molecule has 7 nitrogen and oxygen atoms in total. The second kappa shape index (κ2) is 8.59. The Bertz CT molecular complexity index is 985. The number of anilines is 1. The molecule has 2 amide bonds. The van der Waals surface area contributed by atoms with E-state index in [-0.39, 0.29) is 18.4 Å². The van der Waals surface area contributed by atoms with Gasteiger partial charge in [-0.25, -0.2) is 0 Å². The Morgan fingerprint density at radius 1 is 0.968 bits per heavy atom. The average Bonchev–Trinajstić information content (AvgIpc) is 3.26. The van der Waals surface area contributed by atoms with Gasteiger partial charge in [-0.3, -0.25) is 14.5 Å². The molecular formula is C24H27N3O4. The molecule has 1 atom stereocenters. The summed E-state index contributed by atoms with van der Waals surface area (Å²) in [7, 11) is 0. The molecule has 162 valence electrons. The quantitative estimate of drug-likeness (QED) is 0.819. The lowest BCUT2D eigenvalue weighted by Crippen LogP contribution is -2.54. The topological polar surface area (TPSA) is 71.1 Å². The summed E-state index contributed by atoms with van der Waals surface area (Å²) in [6.45, 7) is 3.02. The molecule has 1 saturated heterocycles. The first kappa shape index (κ1) is 19.9. The third-order valence-electron chi connectivity index (χ3n) is 6.22. The lowest BCUT2D eigenvalue weighted by Gasteiger charge is -2.36. The number of hydrogen-bond donors (Lipinski definition) is 1. The third kappa shape index (κ3) is 4.37. The fraction of sp³-hybridized carbons (Fsp3) is 0.417. The maximum absolute atomic E-state index is 12.8. The van der Waals surface area contributed by atoms with Gasteiger partial charge in [0.25, 0.3) is 5.91 Å². The van der Waals surface area contributed by atoms with E-state index in [1.165, 1.54) is 17.5 Å². The van der Waals surface area contributed by atoms with Crippen molar-refractivity contribution in [2.45, 2.75) is 25.4 Å². The van der Waals surface area contributed by atoms with E-state index >= 15 is 0 Å². The highest BCUT2D eigenvalue weighted by Gasteiger charge is 2.32. The van der Waals surface area contributed by atoms with E-state index < -0.39 is 6.10 Å². The highest BCUT2D eigenvalue weighted by molar-refractivity contribution is 5.92. The average molecular weight is 421 g/mol. The monoisotopic (exact) mass is 421 g/mol. The molecule has 0 bridgehead atoms. The molecule has 0 saturated carbocycles. The fourth-order valence-corrected chi connectivity index (χ4v) is 4.52. The SMILES string of the molecule is O=C(CN1CCN(C(=O)C2COc3ccccc3O2)CC1)Nc1ccc2c(c1)CCC2. The number of aryl methyl sites for hydroxylation is 2. The zero-order valence-electron chi connectivity index (χ0n) is 17.5. The number of carbonyl (C=O) groups excluding carboxylic acids is 2. The van der Waals surface area contributed by atoms with Crippen LogP contribution in [0.25, 0.3) is 0 Å². The van der Waals surface area contributed by atoms with Gasteiger partial charge in [-0.2, -0.15) is 0 Å². The smallest absolute Gasteiger partial charge is 0.267 e. The summed E-state index contributed by atoms with van der Waals surface area (Å²) in [5, 5.41) is 3.02. The first-order valence-corrected chi connectivity index (χ1v) is 11.0. The summed E-state index contributed by atoms with van der Waals surface area (Å²) in [6.07, 6.45) is 2.80. The van der Waals surface area contributed by atoms with Crippen LogP contribution in [0.2, 0.25) is 0 Å². The molecule has 2 aromatic carbocycles. The van der Waals surface area contributed by atoms with Gasteiger partial charge < -0.3 is 19.7 Å². The number of hydrogen-bond acceptors (Lipinski definition) is 5. The predicted molar refractivity (Wildman–Crippen MR) is 116 cm³/mol. The Morgan fingerprint density at radius 2 is 1.74 bits per heavy atom. The van der Waals surface area contributed by atoms with E-state index in [9.17, 15) is 9.59 Å². The first-order valence-electron chi connectivity index (χ1n) is 11.0. The van der Waals surface area contributed by atoms with E-state index in [0.717, 1.165) is 18.5 Å². The molecule has 0 spiro atoms. The van der Waals surface area contributed by atoms with Crippen LogP contribution in [0.4, 0.5) is 5.69 Å². The van der Waals surface area contributed by atoms with Crippen LogP contribution >= 0.6 is 0 Å². The number of carbonyl (C=O) groups is 2. The lowest BCUT2D eigenvalue weighted by molar-refractivity contribution is -0.143. The van der Waals surface area contributed by atoms with Gasteiger partial charge in [0, 0.05) is 31.9 Å². The van der Waals surface area contributed by atoms with Gasteiger partial charge in [0.2, 0.25) is 12.0 Å². The van der Waals surface area contributed by atoms with Crippen molar-refractivity contribution in [3.05, 3.63) is 53.6 Å². The van der Waals surface area contributed by atoms with E-state index in [4.69, 9.17) is 9.47 Å². The number of rotatable bonds is 4. The van der Waals surface area contributed by atoms with Gasteiger partial charge in [-0.15, -0.1) is 0 Å². The van der Waals surface area contributed by atoms with Gasteiger partial charge in [-0.05, 0) is 54.7 Å². The van der Waals surface area contributed by atoms with Gasteiger partial charge in [0.15, 0.2) is 11.5 Å². The molecule has 5 rings (SSSR count). The molecular weight excluding hydrogens is 394 g/mol. The fourth-order valence-electron chi connectivity index (χ4n) is 4.52. The molecule has 1 aliphatic carbocycles. The van der Waals surface area contributed by atoms with Crippen molar-refractivity contribution in [1.82, 2.24) is 9.80 Å². The van der Waals surface area contributed by atoms with Crippen LogP contribution in [0.15, 0.2) is 42.5 Å². The van der Waals surface area contributed by atoms with Crippen molar-refractivity contribution < 1.29 is 19.1 Å². The molecule has 31 heavy (non-hydrogen) atoms. The number of ether oxygens (including phenoxy) is 2. The summed E-state index contributed by atoms with van der Waals surface area (Å²) in [5.74, 6) is 1.20. The van der Waals surface area contributed by atoms with Gasteiger partial charge in [0.05, 0.1) is 6.54 Å². The number of benzene rings is 2. The number of nitrogens with zero attached hydrogens (tertiary/aromatic N) is 2. The summed E-state index contributed by atoms with van der Waals surface area (Å²) in [4.78, 5) is 29.2. The van der Waals surface area contributed by atoms with Crippen molar-refractivity contribution in [3.63, 3.8) is 0 Å². The number of piperazine rings is 1. The number of fused-ring (bicyclic) bond motifs is 2. The van der Waals surface area contributed by atoms with Crippen LogP contribution in [0.1, 0.15) is 17.5 Å². The van der Waals surface area contributed by atoms with Crippen LogP contribution in [0.5, 0.6) is 11.5 Å². The van der Waals surface area contributed by atoms with Crippen LogP contribution < -0.4 is 14.8 Å². The number of amides is 2. The number of nitrogens with one attached hydrogen (secondary N) is 1. The van der Waals surface area contributed by atoms with Crippen LogP contribution in [0.3, 0.4) is 0 Å². The Balaban J connectivity index is 1.10. The molecule has 3 aliphatic rings. The molecule has 7 heteroatoms. The second-order valence-electron chi connectivity index (χ2n) is 8.35. The van der Waals surface area contributed by atoms with Crippen LogP contribution in [-0.4, -0.2) is 67.0 Å². The standard InChI is InChI=1S/C24H27N3O4/c28-23(25-19-9-8-17-4-3-5-18(17)14-19)15-26-10-12-27(13-11-26)24(29)22-16-30-20-6-1-2-7-21(20)31-22/h1-2,6-9,14,22H,3-5,10-13,15-16H2,(H,25,28). The lowest BCUT2D eigenvalue weighted by atomic mass is 10.1. The Labute approximate surface area is 181 Å². The van der Waals surface area contributed by atoms with E-state index in [2.05, 4.69) is 22.3 Å². The minimum absolute atomic E-state index is 0.0154. The van der Waals surface area contributed by atoms with Gasteiger partial charge >= 0.3 is 0 Å².